The number of nitrogens with one attached hydrogen (secondary N) is 1. The molecule has 0 spiro atoms. The second kappa shape index (κ2) is 5.72. The monoisotopic (exact) mass is 302 g/mol. The van der Waals surface area contributed by atoms with Crippen LogP contribution >= 0.6 is 23.2 Å². The third-order valence-electron chi connectivity index (χ3n) is 2.73. The van der Waals surface area contributed by atoms with Gasteiger partial charge in [0.15, 0.2) is 5.76 Å². The number of hydrogen-bond acceptors (Lipinski definition) is 3. The highest BCUT2D eigenvalue weighted by molar-refractivity contribution is 6.36. The molecule has 1 atom stereocenters. The summed E-state index contributed by atoms with van der Waals surface area (Å²) in [5.74, 6) is 0.379. The molecule has 6 heteroatoms. The molecule has 0 unspecified atom stereocenters. The largest absolute Gasteiger partial charge is 0.482 e. The topological polar surface area (TPSA) is 47.3 Å². The number of rotatable bonds is 3. The van der Waals surface area contributed by atoms with E-state index < -0.39 is 11.9 Å². The molecule has 102 valence electrons. The van der Waals surface area contributed by atoms with Gasteiger partial charge in [-0.15, -0.1) is 0 Å². The standard InChI is InChI=1S/C13H13Cl2FN2O/c1-7(19-10-3-2-6-18-13(10)17)11-8(14)4-5-9(16)12(11)15/h2-5,7,18H,6,17H2,1H3/t7-/m1/s1. The van der Waals surface area contributed by atoms with Crippen LogP contribution in [0.1, 0.15) is 18.6 Å². The fourth-order valence-corrected chi connectivity index (χ4v) is 2.46. The minimum Gasteiger partial charge on any atom is -0.482 e. The first kappa shape index (κ1) is 14.0. The first-order valence-corrected chi connectivity index (χ1v) is 6.46. The molecule has 0 fully saturated rings. The molecule has 1 heterocycles. The van der Waals surface area contributed by atoms with Crippen LogP contribution in [0, 0.1) is 5.82 Å². The zero-order valence-electron chi connectivity index (χ0n) is 10.2. The fraction of sp³-hybridized carbons (Fsp3) is 0.231. The van der Waals surface area contributed by atoms with E-state index in [1.165, 1.54) is 12.1 Å². The lowest BCUT2D eigenvalue weighted by atomic mass is 10.1. The van der Waals surface area contributed by atoms with Gasteiger partial charge in [0, 0.05) is 17.1 Å². The molecule has 3 N–H and O–H groups in total. The Balaban J connectivity index is 2.28. The number of hydrogen-bond donors (Lipinski definition) is 2. The average molecular weight is 303 g/mol. The third kappa shape index (κ3) is 2.96. The zero-order valence-corrected chi connectivity index (χ0v) is 11.7. The molecule has 1 aromatic carbocycles. The van der Waals surface area contributed by atoms with E-state index >= 15 is 0 Å². The van der Waals surface area contributed by atoms with Crippen molar-refractivity contribution in [1.82, 2.24) is 5.32 Å². The summed E-state index contributed by atoms with van der Waals surface area (Å²) < 4.78 is 19.1. The molecule has 0 aromatic heterocycles. The van der Waals surface area contributed by atoms with Gasteiger partial charge in [-0.1, -0.05) is 29.3 Å². The lowest BCUT2D eigenvalue weighted by Gasteiger charge is -2.21. The van der Waals surface area contributed by atoms with Crippen molar-refractivity contribution in [3.8, 4) is 0 Å². The Bertz CT molecular complexity index is 558. The summed E-state index contributed by atoms with van der Waals surface area (Å²) in [6.07, 6.45) is 3.10. The first-order chi connectivity index (χ1) is 9.00. The molecule has 3 nitrogen and oxygen atoms in total. The summed E-state index contributed by atoms with van der Waals surface area (Å²) in [6, 6.07) is 2.67. The van der Waals surface area contributed by atoms with Crippen molar-refractivity contribution in [1.29, 1.82) is 0 Å². The lowest BCUT2D eigenvalue weighted by molar-refractivity contribution is 0.138. The van der Waals surface area contributed by atoms with Gasteiger partial charge in [0.05, 0.1) is 5.02 Å². The van der Waals surface area contributed by atoms with E-state index in [1.807, 2.05) is 6.08 Å². The number of nitrogens with two attached hydrogens (primary N) is 1. The van der Waals surface area contributed by atoms with E-state index in [2.05, 4.69) is 5.32 Å². The first-order valence-electron chi connectivity index (χ1n) is 5.71. The SMILES string of the molecule is C[C@@H](OC1=C(N)NCC=C1)c1c(Cl)ccc(F)c1Cl. The number of allylic oxidation sites excluding steroid dienone is 1. The van der Waals surface area contributed by atoms with Crippen LogP contribution in [0.4, 0.5) is 4.39 Å². The van der Waals surface area contributed by atoms with E-state index in [9.17, 15) is 4.39 Å². The molecular formula is C13H13Cl2FN2O. The summed E-state index contributed by atoms with van der Waals surface area (Å²) in [5, 5.41) is 3.25. The molecule has 0 amide bonds. The quantitative estimate of drug-likeness (QED) is 0.840. The Morgan fingerprint density at radius 2 is 2.16 bits per heavy atom. The second-order valence-electron chi connectivity index (χ2n) is 4.08. The van der Waals surface area contributed by atoms with Crippen LogP contribution in [0.5, 0.6) is 0 Å². The van der Waals surface area contributed by atoms with Crippen LogP contribution in [0.15, 0.2) is 35.9 Å². The molecule has 1 aromatic rings. The zero-order chi connectivity index (χ0) is 14.0. The van der Waals surface area contributed by atoms with Crippen molar-refractivity contribution in [2.75, 3.05) is 6.54 Å². The smallest absolute Gasteiger partial charge is 0.159 e. The lowest BCUT2D eigenvalue weighted by Crippen LogP contribution is -2.25. The molecule has 0 aliphatic carbocycles. The van der Waals surface area contributed by atoms with Crippen LogP contribution in [-0.4, -0.2) is 6.54 Å². The molecule has 19 heavy (non-hydrogen) atoms. The highest BCUT2D eigenvalue weighted by Crippen LogP contribution is 2.35. The predicted molar refractivity (Wildman–Crippen MR) is 74.3 cm³/mol. The van der Waals surface area contributed by atoms with E-state index in [-0.39, 0.29) is 5.02 Å². The van der Waals surface area contributed by atoms with Crippen LogP contribution < -0.4 is 11.1 Å². The van der Waals surface area contributed by atoms with Crippen molar-refractivity contribution >= 4 is 23.2 Å². The Hall–Kier alpha value is -1.39. The van der Waals surface area contributed by atoms with Gasteiger partial charge < -0.3 is 15.8 Å². The second-order valence-corrected chi connectivity index (χ2v) is 4.86. The van der Waals surface area contributed by atoms with Gasteiger partial charge >= 0.3 is 0 Å². The van der Waals surface area contributed by atoms with Crippen molar-refractivity contribution in [3.63, 3.8) is 0 Å². The molecular weight excluding hydrogens is 290 g/mol. The average Bonchev–Trinajstić information content (AvgIpc) is 2.37. The van der Waals surface area contributed by atoms with Crippen LogP contribution in [-0.2, 0) is 4.74 Å². The Labute approximate surface area is 120 Å². The van der Waals surface area contributed by atoms with Gasteiger partial charge in [-0.25, -0.2) is 4.39 Å². The highest BCUT2D eigenvalue weighted by Gasteiger charge is 2.20. The van der Waals surface area contributed by atoms with E-state index in [0.717, 1.165) is 0 Å². The Morgan fingerprint density at radius 3 is 2.84 bits per heavy atom. The Kier molecular flexibility index (Phi) is 4.22. The van der Waals surface area contributed by atoms with Crippen LogP contribution in [0.25, 0.3) is 0 Å². The van der Waals surface area contributed by atoms with Gasteiger partial charge in [0.25, 0.3) is 0 Å². The van der Waals surface area contributed by atoms with Gasteiger partial charge in [-0.3, -0.25) is 0 Å². The van der Waals surface area contributed by atoms with E-state index in [4.69, 9.17) is 33.7 Å². The predicted octanol–water partition coefficient (Wildman–Crippen LogP) is 3.50. The number of halogens is 3. The van der Waals surface area contributed by atoms with Gasteiger partial charge in [0.1, 0.15) is 17.7 Å². The summed E-state index contributed by atoms with van der Waals surface area (Å²) in [4.78, 5) is 0. The maximum atomic E-state index is 13.5. The van der Waals surface area contributed by atoms with Crippen LogP contribution in [0.2, 0.25) is 10.0 Å². The van der Waals surface area contributed by atoms with Crippen molar-refractivity contribution < 1.29 is 9.13 Å². The summed E-state index contributed by atoms with van der Waals surface area (Å²) >= 11 is 12.0. The highest BCUT2D eigenvalue weighted by atomic mass is 35.5. The summed E-state index contributed by atoms with van der Waals surface area (Å²) in [5.41, 5.74) is 6.17. The molecule has 0 bridgehead atoms. The third-order valence-corrected chi connectivity index (χ3v) is 3.45. The molecule has 0 saturated carbocycles. The van der Waals surface area contributed by atoms with Crippen molar-refractivity contribution in [2.24, 2.45) is 5.73 Å². The number of dihydropyridines is 1. The number of benzene rings is 1. The van der Waals surface area contributed by atoms with Crippen LogP contribution in [0.3, 0.4) is 0 Å². The summed E-state index contributed by atoms with van der Waals surface area (Å²) in [7, 11) is 0. The minimum absolute atomic E-state index is 0.0353. The maximum Gasteiger partial charge on any atom is 0.159 e. The molecule has 1 aliphatic rings. The van der Waals surface area contributed by atoms with Gasteiger partial charge in [0.2, 0.25) is 0 Å². The summed E-state index contributed by atoms with van der Waals surface area (Å²) in [6.45, 7) is 2.38. The molecule has 1 aliphatic heterocycles. The van der Waals surface area contributed by atoms with Crippen molar-refractivity contribution in [2.45, 2.75) is 13.0 Å². The molecule has 2 rings (SSSR count). The number of ether oxygens (including phenoxy) is 1. The molecule has 0 saturated heterocycles. The van der Waals surface area contributed by atoms with Gasteiger partial charge in [-0.05, 0) is 25.1 Å². The minimum atomic E-state index is -0.532. The Morgan fingerprint density at radius 1 is 1.42 bits per heavy atom. The van der Waals surface area contributed by atoms with Gasteiger partial charge in [-0.2, -0.15) is 0 Å². The fourth-order valence-electron chi connectivity index (χ4n) is 1.78. The van der Waals surface area contributed by atoms with E-state index in [1.54, 1.807) is 13.0 Å². The molecule has 0 radical (unpaired) electrons. The van der Waals surface area contributed by atoms with E-state index in [0.29, 0.717) is 28.7 Å². The maximum absolute atomic E-state index is 13.5. The van der Waals surface area contributed by atoms with Crippen molar-refractivity contribution in [3.05, 3.63) is 57.3 Å². The normalized spacial score (nSPS) is 16.2.